The highest BCUT2D eigenvalue weighted by molar-refractivity contribution is 7.16. The van der Waals surface area contributed by atoms with E-state index in [-0.39, 0.29) is 12.1 Å². The number of rotatable bonds is 5. The van der Waals surface area contributed by atoms with Gasteiger partial charge in [-0.3, -0.25) is 0 Å². The van der Waals surface area contributed by atoms with Crippen LogP contribution in [0.4, 0.5) is 4.79 Å². The molecule has 2 heterocycles. The zero-order valence-electron chi connectivity index (χ0n) is 13.5. The summed E-state index contributed by atoms with van der Waals surface area (Å²) in [6.45, 7) is 8.24. The van der Waals surface area contributed by atoms with E-state index in [1.54, 1.807) is 11.3 Å². The zero-order valence-corrected chi connectivity index (χ0v) is 15.1. The number of likely N-dealkylation sites (tertiary alicyclic amines) is 1. The van der Waals surface area contributed by atoms with Crippen molar-refractivity contribution in [2.45, 2.75) is 58.2 Å². The summed E-state index contributed by atoms with van der Waals surface area (Å²) in [6, 6.07) is 4.25. The van der Waals surface area contributed by atoms with Crippen LogP contribution in [0, 0.1) is 0 Å². The summed E-state index contributed by atoms with van der Waals surface area (Å²) in [5, 5.41) is 3.42. The Bertz CT molecular complexity index is 499. The summed E-state index contributed by atoms with van der Waals surface area (Å²) < 4.78 is 6.31. The standard InChI is InChI=1S/C16H25ClN2O2S/c1-16(2,3)21-15(20)19-10-4-5-12(19)8-9-18-11-13-6-7-14(17)22-13/h6-7,12,18H,4-5,8-11H2,1-3H3. The predicted octanol–water partition coefficient (Wildman–Crippen LogP) is 4.28. The summed E-state index contributed by atoms with van der Waals surface area (Å²) in [7, 11) is 0. The fourth-order valence-electron chi connectivity index (χ4n) is 2.62. The van der Waals surface area contributed by atoms with Crippen molar-refractivity contribution in [3.8, 4) is 0 Å². The number of nitrogens with zero attached hydrogens (tertiary/aromatic N) is 1. The first-order valence-corrected chi connectivity index (χ1v) is 8.99. The third kappa shape index (κ3) is 5.45. The van der Waals surface area contributed by atoms with Crippen molar-refractivity contribution in [1.29, 1.82) is 0 Å². The Kier molecular flexibility index (Phi) is 6.12. The normalized spacial score (nSPS) is 18.7. The maximum atomic E-state index is 12.2. The average molecular weight is 345 g/mol. The van der Waals surface area contributed by atoms with Gasteiger partial charge in [0.1, 0.15) is 5.60 Å². The molecule has 1 atom stereocenters. The summed E-state index contributed by atoms with van der Waals surface area (Å²) in [5.41, 5.74) is -0.430. The van der Waals surface area contributed by atoms with Gasteiger partial charge in [0.15, 0.2) is 0 Å². The van der Waals surface area contributed by atoms with Crippen LogP contribution in [0.15, 0.2) is 12.1 Å². The number of nitrogens with one attached hydrogen (secondary N) is 1. The predicted molar refractivity (Wildman–Crippen MR) is 91.6 cm³/mol. The topological polar surface area (TPSA) is 41.6 Å². The van der Waals surface area contributed by atoms with E-state index in [4.69, 9.17) is 16.3 Å². The van der Waals surface area contributed by atoms with E-state index in [1.807, 2.05) is 37.8 Å². The number of thiophene rings is 1. The number of ether oxygens (including phenoxy) is 1. The van der Waals surface area contributed by atoms with Crippen LogP contribution in [0.5, 0.6) is 0 Å². The Balaban J connectivity index is 1.73. The van der Waals surface area contributed by atoms with Crippen molar-refractivity contribution in [3.63, 3.8) is 0 Å². The van der Waals surface area contributed by atoms with Gasteiger partial charge in [-0.15, -0.1) is 11.3 Å². The maximum absolute atomic E-state index is 12.2. The molecule has 0 radical (unpaired) electrons. The van der Waals surface area contributed by atoms with E-state index in [1.165, 1.54) is 4.88 Å². The second-order valence-electron chi connectivity index (χ2n) is 6.64. The molecule has 124 valence electrons. The molecule has 0 bridgehead atoms. The summed E-state index contributed by atoms with van der Waals surface area (Å²) in [6.07, 6.45) is 2.90. The van der Waals surface area contributed by atoms with Gasteiger partial charge in [-0.1, -0.05) is 11.6 Å². The zero-order chi connectivity index (χ0) is 16.2. The van der Waals surface area contributed by atoms with Crippen molar-refractivity contribution >= 4 is 29.0 Å². The summed E-state index contributed by atoms with van der Waals surface area (Å²) in [5.74, 6) is 0. The summed E-state index contributed by atoms with van der Waals surface area (Å²) >= 11 is 7.52. The van der Waals surface area contributed by atoms with E-state index < -0.39 is 5.60 Å². The molecule has 22 heavy (non-hydrogen) atoms. The van der Waals surface area contributed by atoms with Crippen molar-refractivity contribution in [3.05, 3.63) is 21.3 Å². The van der Waals surface area contributed by atoms with E-state index in [9.17, 15) is 4.79 Å². The van der Waals surface area contributed by atoms with Gasteiger partial charge >= 0.3 is 6.09 Å². The van der Waals surface area contributed by atoms with Crippen LogP contribution in [0.2, 0.25) is 4.34 Å². The van der Waals surface area contributed by atoms with E-state index in [2.05, 4.69) is 5.32 Å². The van der Waals surface area contributed by atoms with E-state index in [0.29, 0.717) is 0 Å². The van der Waals surface area contributed by atoms with Crippen LogP contribution in [0.25, 0.3) is 0 Å². The minimum absolute atomic E-state index is 0.181. The van der Waals surface area contributed by atoms with Crippen molar-refractivity contribution in [1.82, 2.24) is 10.2 Å². The first-order valence-electron chi connectivity index (χ1n) is 7.80. The first-order chi connectivity index (χ1) is 10.3. The van der Waals surface area contributed by atoms with Crippen LogP contribution in [-0.2, 0) is 11.3 Å². The highest BCUT2D eigenvalue weighted by Gasteiger charge is 2.31. The Morgan fingerprint density at radius 3 is 2.91 bits per heavy atom. The lowest BCUT2D eigenvalue weighted by atomic mass is 10.1. The Morgan fingerprint density at radius 2 is 2.27 bits per heavy atom. The molecule has 0 aliphatic carbocycles. The molecular weight excluding hydrogens is 320 g/mol. The molecule has 2 rings (SSSR count). The third-order valence-electron chi connectivity index (χ3n) is 3.59. The fourth-order valence-corrected chi connectivity index (χ4v) is 3.68. The molecule has 1 aromatic heterocycles. The smallest absolute Gasteiger partial charge is 0.410 e. The fraction of sp³-hybridized carbons (Fsp3) is 0.688. The average Bonchev–Trinajstić information content (AvgIpc) is 3.01. The molecule has 0 spiro atoms. The number of hydrogen-bond donors (Lipinski definition) is 1. The molecule has 0 saturated carbocycles. The van der Waals surface area contributed by atoms with Gasteiger partial charge in [-0.2, -0.15) is 0 Å². The minimum atomic E-state index is -0.430. The molecule has 1 N–H and O–H groups in total. The second-order valence-corrected chi connectivity index (χ2v) is 8.44. The Labute approximate surface area is 141 Å². The van der Waals surface area contributed by atoms with E-state index >= 15 is 0 Å². The highest BCUT2D eigenvalue weighted by Crippen LogP contribution is 2.23. The van der Waals surface area contributed by atoms with Crippen LogP contribution in [0.1, 0.15) is 44.9 Å². The monoisotopic (exact) mass is 344 g/mol. The van der Waals surface area contributed by atoms with Gasteiger partial charge in [0.2, 0.25) is 0 Å². The van der Waals surface area contributed by atoms with Gasteiger partial charge in [0.25, 0.3) is 0 Å². The lowest BCUT2D eigenvalue weighted by molar-refractivity contribution is 0.0221. The highest BCUT2D eigenvalue weighted by atomic mass is 35.5. The molecule has 1 unspecified atom stereocenters. The van der Waals surface area contributed by atoms with Crippen LogP contribution >= 0.6 is 22.9 Å². The molecule has 1 saturated heterocycles. The van der Waals surface area contributed by atoms with E-state index in [0.717, 1.165) is 43.2 Å². The third-order valence-corrected chi connectivity index (χ3v) is 4.82. The number of amides is 1. The van der Waals surface area contributed by atoms with Gasteiger partial charge < -0.3 is 15.0 Å². The molecule has 4 nitrogen and oxygen atoms in total. The van der Waals surface area contributed by atoms with Crippen LogP contribution < -0.4 is 5.32 Å². The Morgan fingerprint density at radius 1 is 1.50 bits per heavy atom. The lowest BCUT2D eigenvalue weighted by Crippen LogP contribution is -2.40. The van der Waals surface area contributed by atoms with Crippen molar-refractivity contribution < 1.29 is 9.53 Å². The van der Waals surface area contributed by atoms with Gasteiger partial charge in [-0.25, -0.2) is 4.79 Å². The van der Waals surface area contributed by atoms with Crippen LogP contribution in [0.3, 0.4) is 0 Å². The van der Waals surface area contributed by atoms with Gasteiger partial charge in [-0.05, 0) is 58.7 Å². The quantitative estimate of drug-likeness (QED) is 0.810. The summed E-state index contributed by atoms with van der Waals surface area (Å²) in [4.78, 5) is 15.3. The molecule has 0 aromatic carbocycles. The minimum Gasteiger partial charge on any atom is -0.444 e. The largest absolute Gasteiger partial charge is 0.444 e. The van der Waals surface area contributed by atoms with Gasteiger partial charge in [0, 0.05) is 24.0 Å². The number of carbonyl (C=O) groups is 1. The molecule has 1 aliphatic heterocycles. The SMILES string of the molecule is CC(C)(C)OC(=O)N1CCCC1CCNCc1ccc(Cl)s1. The number of halogens is 1. The Hall–Kier alpha value is -0.780. The van der Waals surface area contributed by atoms with Crippen molar-refractivity contribution in [2.24, 2.45) is 0 Å². The molecule has 1 aromatic rings. The second kappa shape index (κ2) is 7.66. The number of hydrogen-bond acceptors (Lipinski definition) is 4. The first kappa shape index (κ1) is 17.6. The lowest BCUT2D eigenvalue weighted by Gasteiger charge is -2.28. The molecule has 1 aliphatic rings. The molecule has 6 heteroatoms. The number of carbonyl (C=O) groups excluding carboxylic acids is 1. The molecule has 1 fully saturated rings. The van der Waals surface area contributed by atoms with Crippen molar-refractivity contribution in [2.75, 3.05) is 13.1 Å². The van der Waals surface area contributed by atoms with Crippen LogP contribution in [-0.4, -0.2) is 35.7 Å². The molecule has 1 amide bonds. The molecular formula is C16H25ClN2O2S. The maximum Gasteiger partial charge on any atom is 0.410 e. The van der Waals surface area contributed by atoms with Gasteiger partial charge in [0.05, 0.1) is 4.34 Å².